The molecule has 0 aliphatic rings. The molecule has 3 nitrogen and oxygen atoms in total. The number of thioether (sulfide) groups is 1. The van der Waals surface area contributed by atoms with E-state index in [-0.39, 0.29) is 5.63 Å². The summed E-state index contributed by atoms with van der Waals surface area (Å²) in [4.78, 5) is 11.8. The zero-order chi connectivity index (χ0) is 16.9. The lowest BCUT2D eigenvalue weighted by atomic mass is 10.1. The standard InChI is InChI=1S/C20H20O3S/c1-2-14-8-9-17-16(11-20(22)23-19(17)10-14)12-24-13-18(21)15-6-4-3-5-7-15/h3-11,18,21H,2,12-13H2,1H3. The summed E-state index contributed by atoms with van der Waals surface area (Å²) < 4.78 is 5.33. The smallest absolute Gasteiger partial charge is 0.336 e. The van der Waals surface area contributed by atoms with Gasteiger partial charge in [0.1, 0.15) is 5.58 Å². The van der Waals surface area contributed by atoms with Gasteiger partial charge < -0.3 is 9.52 Å². The molecular formula is C20H20O3S. The van der Waals surface area contributed by atoms with E-state index in [0.29, 0.717) is 17.1 Å². The Labute approximate surface area is 145 Å². The maximum absolute atomic E-state index is 11.8. The third-order valence-corrected chi connectivity index (χ3v) is 5.09. The first-order chi connectivity index (χ1) is 11.7. The number of rotatable bonds is 6. The van der Waals surface area contributed by atoms with Crippen molar-refractivity contribution in [1.29, 1.82) is 0 Å². The highest BCUT2D eigenvalue weighted by Gasteiger charge is 2.10. The topological polar surface area (TPSA) is 50.4 Å². The van der Waals surface area contributed by atoms with E-state index in [0.717, 1.165) is 28.5 Å². The molecule has 0 fully saturated rings. The van der Waals surface area contributed by atoms with Crippen LogP contribution in [0.2, 0.25) is 0 Å². The first-order valence-electron chi connectivity index (χ1n) is 8.04. The maximum Gasteiger partial charge on any atom is 0.336 e. The predicted octanol–water partition coefficient (Wildman–Crippen LogP) is 4.32. The fourth-order valence-corrected chi connectivity index (χ4v) is 3.66. The molecule has 0 saturated carbocycles. The van der Waals surface area contributed by atoms with E-state index in [2.05, 4.69) is 13.0 Å². The lowest BCUT2D eigenvalue weighted by Crippen LogP contribution is -2.03. The van der Waals surface area contributed by atoms with Crippen LogP contribution in [0.5, 0.6) is 0 Å². The van der Waals surface area contributed by atoms with Crippen molar-refractivity contribution in [1.82, 2.24) is 0 Å². The number of aliphatic hydroxyl groups is 1. The van der Waals surface area contributed by atoms with Gasteiger partial charge in [-0.25, -0.2) is 4.79 Å². The lowest BCUT2D eigenvalue weighted by Gasteiger charge is -2.11. The highest BCUT2D eigenvalue weighted by molar-refractivity contribution is 7.98. The number of hydrogen-bond donors (Lipinski definition) is 1. The normalized spacial score (nSPS) is 12.4. The molecule has 4 heteroatoms. The summed E-state index contributed by atoms with van der Waals surface area (Å²) in [5, 5.41) is 11.2. The van der Waals surface area contributed by atoms with Gasteiger partial charge in [0.15, 0.2) is 0 Å². The van der Waals surface area contributed by atoms with Crippen LogP contribution >= 0.6 is 11.8 Å². The Kier molecular flexibility index (Phi) is 5.38. The molecule has 24 heavy (non-hydrogen) atoms. The number of aliphatic hydroxyl groups excluding tert-OH is 1. The fraction of sp³-hybridized carbons (Fsp3) is 0.250. The Balaban J connectivity index is 1.74. The first kappa shape index (κ1) is 16.8. The fourth-order valence-electron chi connectivity index (χ4n) is 2.67. The monoisotopic (exact) mass is 340 g/mol. The van der Waals surface area contributed by atoms with Gasteiger partial charge in [0.25, 0.3) is 0 Å². The van der Waals surface area contributed by atoms with Crippen molar-refractivity contribution < 1.29 is 9.52 Å². The van der Waals surface area contributed by atoms with Crippen molar-refractivity contribution in [2.75, 3.05) is 5.75 Å². The molecule has 1 atom stereocenters. The van der Waals surface area contributed by atoms with Crippen LogP contribution in [-0.4, -0.2) is 10.9 Å². The minimum atomic E-state index is -0.505. The second-order valence-electron chi connectivity index (χ2n) is 5.72. The third-order valence-electron chi connectivity index (χ3n) is 4.02. The largest absolute Gasteiger partial charge is 0.423 e. The first-order valence-corrected chi connectivity index (χ1v) is 9.19. The molecular weight excluding hydrogens is 320 g/mol. The molecule has 0 saturated heterocycles. The van der Waals surface area contributed by atoms with Crippen molar-refractivity contribution >= 4 is 22.7 Å². The average molecular weight is 340 g/mol. The van der Waals surface area contributed by atoms with E-state index in [9.17, 15) is 9.90 Å². The SMILES string of the molecule is CCc1ccc2c(CSCC(O)c3ccccc3)cc(=O)oc2c1. The van der Waals surface area contributed by atoms with Crippen LogP contribution in [0.25, 0.3) is 11.0 Å². The average Bonchev–Trinajstić information content (AvgIpc) is 2.61. The molecule has 0 radical (unpaired) electrons. The van der Waals surface area contributed by atoms with Crippen LogP contribution in [-0.2, 0) is 12.2 Å². The van der Waals surface area contributed by atoms with E-state index < -0.39 is 6.10 Å². The second kappa shape index (κ2) is 7.69. The van der Waals surface area contributed by atoms with E-state index in [4.69, 9.17) is 4.42 Å². The Morgan fingerprint density at radius 1 is 1.12 bits per heavy atom. The van der Waals surface area contributed by atoms with Gasteiger partial charge in [-0.05, 0) is 29.2 Å². The highest BCUT2D eigenvalue weighted by Crippen LogP contribution is 2.25. The molecule has 0 amide bonds. The summed E-state index contributed by atoms with van der Waals surface area (Å²) in [7, 11) is 0. The van der Waals surface area contributed by atoms with Gasteiger partial charge in [-0.3, -0.25) is 0 Å². The Morgan fingerprint density at radius 3 is 2.67 bits per heavy atom. The Hall–Kier alpha value is -2.04. The molecule has 1 unspecified atom stereocenters. The van der Waals surface area contributed by atoms with Crippen LogP contribution in [0.15, 0.2) is 63.8 Å². The van der Waals surface area contributed by atoms with Crippen LogP contribution in [0.4, 0.5) is 0 Å². The molecule has 124 valence electrons. The van der Waals surface area contributed by atoms with Crippen LogP contribution in [0, 0.1) is 0 Å². The summed E-state index contributed by atoms with van der Waals surface area (Å²) in [5.41, 5.74) is 3.33. The highest BCUT2D eigenvalue weighted by atomic mass is 32.2. The summed E-state index contributed by atoms with van der Waals surface area (Å²) in [6.45, 7) is 2.07. The van der Waals surface area contributed by atoms with Gasteiger partial charge in [0.2, 0.25) is 0 Å². The van der Waals surface area contributed by atoms with Crippen molar-refractivity contribution in [3.05, 3.63) is 81.7 Å². The maximum atomic E-state index is 11.8. The van der Waals surface area contributed by atoms with Gasteiger partial charge >= 0.3 is 5.63 Å². The predicted molar refractivity (Wildman–Crippen MR) is 99.4 cm³/mol. The summed E-state index contributed by atoms with van der Waals surface area (Å²) in [6, 6.07) is 17.2. The van der Waals surface area contributed by atoms with Crippen molar-refractivity contribution in [2.45, 2.75) is 25.2 Å². The minimum absolute atomic E-state index is 0.324. The van der Waals surface area contributed by atoms with E-state index >= 15 is 0 Å². The van der Waals surface area contributed by atoms with Gasteiger partial charge in [-0.15, -0.1) is 0 Å². The lowest BCUT2D eigenvalue weighted by molar-refractivity contribution is 0.204. The van der Waals surface area contributed by atoms with E-state index in [1.165, 1.54) is 0 Å². The molecule has 0 aliphatic heterocycles. The Morgan fingerprint density at radius 2 is 1.92 bits per heavy atom. The minimum Gasteiger partial charge on any atom is -0.423 e. The molecule has 2 aromatic carbocycles. The van der Waals surface area contributed by atoms with Crippen molar-refractivity contribution in [3.63, 3.8) is 0 Å². The summed E-state index contributed by atoms with van der Waals surface area (Å²) in [6.07, 6.45) is 0.399. The van der Waals surface area contributed by atoms with Crippen molar-refractivity contribution in [2.24, 2.45) is 0 Å². The number of benzene rings is 2. The van der Waals surface area contributed by atoms with Gasteiger partial charge in [-0.1, -0.05) is 49.4 Å². The molecule has 1 N–H and O–H groups in total. The van der Waals surface area contributed by atoms with E-state index in [1.54, 1.807) is 17.8 Å². The second-order valence-corrected chi connectivity index (χ2v) is 6.75. The van der Waals surface area contributed by atoms with Crippen molar-refractivity contribution in [3.8, 4) is 0 Å². The zero-order valence-electron chi connectivity index (χ0n) is 13.6. The summed E-state index contributed by atoms with van der Waals surface area (Å²) >= 11 is 1.61. The Bertz CT molecular complexity index is 871. The molecule has 0 spiro atoms. The summed E-state index contributed by atoms with van der Waals surface area (Å²) in [5.74, 6) is 1.25. The van der Waals surface area contributed by atoms with Gasteiger partial charge in [0.05, 0.1) is 6.10 Å². The molecule has 0 aliphatic carbocycles. The number of hydrogen-bond acceptors (Lipinski definition) is 4. The zero-order valence-corrected chi connectivity index (χ0v) is 14.4. The number of fused-ring (bicyclic) bond motifs is 1. The van der Waals surface area contributed by atoms with Crippen LogP contribution in [0.3, 0.4) is 0 Å². The van der Waals surface area contributed by atoms with Crippen LogP contribution < -0.4 is 5.63 Å². The third kappa shape index (κ3) is 3.89. The van der Waals surface area contributed by atoms with E-state index in [1.807, 2.05) is 42.5 Å². The quantitative estimate of drug-likeness (QED) is 0.679. The molecule has 1 heterocycles. The molecule has 3 aromatic rings. The molecule has 0 bridgehead atoms. The molecule has 3 rings (SSSR count). The van der Waals surface area contributed by atoms with Gasteiger partial charge in [-0.2, -0.15) is 11.8 Å². The van der Waals surface area contributed by atoms with Crippen LogP contribution in [0.1, 0.15) is 29.7 Å². The number of aryl methyl sites for hydroxylation is 1. The molecule has 1 aromatic heterocycles. The van der Waals surface area contributed by atoms with Gasteiger partial charge in [0, 0.05) is 23.0 Å².